The fourth-order valence-corrected chi connectivity index (χ4v) is 2.31. The van der Waals surface area contributed by atoms with Gasteiger partial charge in [-0.05, 0) is 37.0 Å². The third-order valence-corrected chi connectivity index (χ3v) is 3.68. The van der Waals surface area contributed by atoms with Gasteiger partial charge < -0.3 is 9.72 Å². The van der Waals surface area contributed by atoms with E-state index in [4.69, 9.17) is 4.74 Å². The van der Waals surface area contributed by atoms with Gasteiger partial charge in [-0.15, -0.1) is 0 Å². The molecule has 0 bridgehead atoms. The number of unbranched alkanes of at least 4 members (excludes halogenated alkanes) is 1. The van der Waals surface area contributed by atoms with Crippen molar-refractivity contribution in [3.8, 4) is 0 Å². The number of nitrogens with one attached hydrogen (secondary N) is 2. The number of aromatic nitrogens is 2. The molecule has 0 spiro atoms. The van der Waals surface area contributed by atoms with Crippen LogP contribution in [0.3, 0.4) is 0 Å². The molecule has 0 saturated heterocycles. The Balaban J connectivity index is 2.10. The molecule has 23 heavy (non-hydrogen) atoms. The molecule has 0 aliphatic rings. The number of carbonyl (C=O) groups excluding carboxylic acids is 1. The van der Waals surface area contributed by atoms with Gasteiger partial charge in [0.05, 0.1) is 17.6 Å². The van der Waals surface area contributed by atoms with E-state index in [0.29, 0.717) is 30.3 Å². The number of H-pyrrole nitrogens is 1. The van der Waals surface area contributed by atoms with E-state index in [0.717, 1.165) is 24.8 Å². The summed E-state index contributed by atoms with van der Waals surface area (Å²) in [6.45, 7) is 7.39. The molecule has 0 fully saturated rings. The molecule has 1 aromatic heterocycles. The van der Waals surface area contributed by atoms with E-state index < -0.39 is 6.09 Å². The molecule has 126 valence electrons. The van der Waals surface area contributed by atoms with Gasteiger partial charge in [-0.1, -0.05) is 27.2 Å². The summed E-state index contributed by atoms with van der Waals surface area (Å²) >= 11 is 0. The quantitative estimate of drug-likeness (QED) is 0.764. The molecule has 1 aromatic carbocycles. The normalized spacial score (nSPS) is 11.1. The van der Waals surface area contributed by atoms with Crippen LogP contribution in [0.1, 0.15) is 40.0 Å². The first kappa shape index (κ1) is 17.1. The number of amides is 1. The Morgan fingerprint density at radius 3 is 2.87 bits per heavy atom. The lowest BCUT2D eigenvalue weighted by molar-refractivity contribution is 0.160. The Morgan fingerprint density at radius 2 is 2.17 bits per heavy atom. The number of hydrogen-bond donors (Lipinski definition) is 2. The smallest absolute Gasteiger partial charge is 0.411 e. The van der Waals surface area contributed by atoms with Crippen LogP contribution >= 0.6 is 0 Å². The molecule has 0 atom stereocenters. The van der Waals surface area contributed by atoms with Crippen molar-refractivity contribution in [3.63, 3.8) is 0 Å². The molecule has 1 heterocycles. The number of aryl methyl sites for hydroxylation is 1. The van der Waals surface area contributed by atoms with E-state index in [9.17, 15) is 9.59 Å². The van der Waals surface area contributed by atoms with Gasteiger partial charge in [0.25, 0.3) is 0 Å². The second-order valence-corrected chi connectivity index (χ2v) is 6.11. The summed E-state index contributed by atoms with van der Waals surface area (Å²) in [6, 6.07) is 5.38. The van der Waals surface area contributed by atoms with E-state index in [-0.39, 0.29) is 5.69 Å². The Morgan fingerprint density at radius 1 is 1.39 bits per heavy atom. The van der Waals surface area contributed by atoms with Crippen molar-refractivity contribution in [2.45, 2.75) is 46.6 Å². The largest absolute Gasteiger partial charge is 0.449 e. The summed E-state index contributed by atoms with van der Waals surface area (Å²) in [5, 5.41) is 2.68. The van der Waals surface area contributed by atoms with Crippen LogP contribution in [0.2, 0.25) is 0 Å². The number of benzene rings is 1. The van der Waals surface area contributed by atoms with E-state index in [1.807, 2.05) is 13.0 Å². The maximum absolute atomic E-state index is 12.1. The van der Waals surface area contributed by atoms with Gasteiger partial charge in [0, 0.05) is 12.2 Å². The van der Waals surface area contributed by atoms with Crippen LogP contribution in [0, 0.1) is 5.92 Å². The van der Waals surface area contributed by atoms with Crippen molar-refractivity contribution in [2.24, 2.45) is 5.92 Å². The topological polar surface area (TPSA) is 76.1 Å². The molecule has 2 N–H and O–H groups in total. The van der Waals surface area contributed by atoms with Gasteiger partial charge in [-0.3, -0.25) is 9.88 Å². The Kier molecular flexibility index (Phi) is 5.84. The van der Waals surface area contributed by atoms with Gasteiger partial charge in [-0.25, -0.2) is 9.59 Å². The van der Waals surface area contributed by atoms with Crippen molar-refractivity contribution >= 4 is 22.8 Å². The van der Waals surface area contributed by atoms with E-state index in [1.165, 1.54) is 0 Å². The van der Waals surface area contributed by atoms with Crippen LogP contribution < -0.4 is 11.0 Å². The number of carbonyl (C=O) groups is 1. The maximum atomic E-state index is 12.1. The standard InChI is InChI=1S/C17H25N3O3/c1-4-5-10-23-17(22)18-13-6-7-15-14(11-13)19-16(21)20(15)9-8-12(2)3/h6-7,11-12H,4-5,8-10H2,1-3H3,(H,18,22)(H,19,21). The lowest BCUT2D eigenvalue weighted by Gasteiger charge is -2.08. The Bertz CT molecular complexity index is 715. The number of anilines is 1. The van der Waals surface area contributed by atoms with Gasteiger partial charge in [0.1, 0.15) is 0 Å². The average molecular weight is 319 g/mol. The van der Waals surface area contributed by atoms with Crippen molar-refractivity contribution in [3.05, 3.63) is 28.7 Å². The monoisotopic (exact) mass is 319 g/mol. The Labute approximate surface area is 135 Å². The van der Waals surface area contributed by atoms with Crippen molar-refractivity contribution in [1.82, 2.24) is 9.55 Å². The van der Waals surface area contributed by atoms with E-state index in [1.54, 1.807) is 16.7 Å². The second kappa shape index (κ2) is 7.85. The minimum Gasteiger partial charge on any atom is -0.449 e. The van der Waals surface area contributed by atoms with Crippen LogP contribution in [0.25, 0.3) is 11.0 Å². The maximum Gasteiger partial charge on any atom is 0.411 e. The Hall–Kier alpha value is -2.24. The fraction of sp³-hybridized carbons (Fsp3) is 0.529. The number of imidazole rings is 1. The molecular formula is C17H25N3O3. The first-order chi connectivity index (χ1) is 11.0. The second-order valence-electron chi connectivity index (χ2n) is 6.11. The molecular weight excluding hydrogens is 294 g/mol. The van der Waals surface area contributed by atoms with Crippen LogP contribution in [-0.2, 0) is 11.3 Å². The number of aromatic amines is 1. The number of ether oxygens (including phenoxy) is 1. The first-order valence-electron chi connectivity index (χ1n) is 8.17. The van der Waals surface area contributed by atoms with Gasteiger partial charge in [-0.2, -0.15) is 0 Å². The summed E-state index contributed by atoms with van der Waals surface area (Å²) in [6.07, 6.45) is 2.29. The molecule has 0 aliphatic carbocycles. The lowest BCUT2D eigenvalue weighted by Crippen LogP contribution is -2.17. The first-order valence-corrected chi connectivity index (χ1v) is 8.17. The third kappa shape index (κ3) is 4.61. The number of rotatable bonds is 7. The van der Waals surface area contributed by atoms with Crippen LogP contribution in [0.4, 0.5) is 10.5 Å². The average Bonchev–Trinajstić information content (AvgIpc) is 2.80. The zero-order chi connectivity index (χ0) is 16.8. The minimum atomic E-state index is -0.473. The van der Waals surface area contributed by atoms with Crippen LogP contribution in [-0.4, -0.2) is 22.3 Å². The summed E-state index contributed by atoms with van der Waals surface area (Å²) in [5.74, 6) is 0.533. The highest BCUT2D eigenvalue weighted by Gasteiger charge is 2.09. The molecule has 0 saturated carbocycles. The lowest BCUT2D eigenvalue weighted by atomic mass is 10.1. The van der Waals surface area contributed by atoms with Crippen LogP contribution in [0.15, 0.2) is 23.0 Å². The van der Waals surface area contributed by atoms with Crippen molar-refractivity contribution in [2.75, 3.05) is 11.9 Å². The summed E-state index contributed by atoms with van der Waals surface area (Å²) in [4.78, 5) is 26.5. The minimum absolute atomic E-state index is 0.122. The zero-order valence-corrected chi connectivity index (χ0v) is 14.0. The van der Waals surface area contributed by atoms with E-state index in [2.05, 4.69) is 24.1 Å². The molecule has 0 radical (unpaired) electrons. The summed E-state index contributed by atoms with van der Waals surface area (Å²) in [7, 11) is 0. The molecule has 2 aromatic rings. The highest BCUT2D eigenvalue weighted by Crippen LogP contribution is 2.17. The molecule has 2 rings (SSSR count). The fourth-order valence-electron chi connectivity index (χ4n) is 2.31. The SMILES string of the molecule is CCCCOC(=O)Nc1ccc2c(c1)[nH]c(=O)n2CCC(C)C. The number of fused-ring (bicyclic) bond motifs is 1. The molecule has 6 heteroatoms. The van der Waals surface area contributed by atoms with Gasteiger partial charge in [0.2, 0.25) is 0 Å². The van der Waals surface area contributed by atoms with Crippen molar-refractivity contribution in [1.29, 1.82) is 0 Å². The van der Waals surface area contributed by atoms with E-state index >= 15 is 0 Å². The van der Waals surface area contributed by atoms with Gasteiger partial charge >= 0.3 is 11.8 Å². The molecule has 0 unspecified atom stereocenters. The predicted octanol–water partition coefficient (Wildman–Crippen LogP) is 3.72. The molecule has 0 aliphatic heterocycles. The third-order valence-electron chi connectivity index (χ3n) is 3.68. The van der Waals surface area contributed by atoms with Gasteiger partial charge in [0.15, 0.2) is 0 Å². The molecule has 1 amide bonds. The summed E-state index contributed by atoms with van der Waals surface area (Å²) in [5.41, 5.74) is 2.05. The number of hydrogen-bond acceptors (Lipinski definition) is 3. The molecule has 6 nitrogen and oxygen atoms in total. The highest BCUT2D eigenvalue weighted by atomic mass is 16.5. The van der Waals surface area contributed by atoms with Crippen LogP contribution in [0.5, 0.6) is 0 Å². The zero-order valence-electron chi connectivity index (χ0n) is 14.0. The highest BCUT2D eigenvalue weighted by molar-refractivity contribution is 5.88. The number of nitrogens with zero attached hydrogens (tertiary/aromatic N) is 1. The predicted molar refractivity (Wildman–Crippen MR) is 91.9 cm³/mol. The summed E-state index contributed by atoms with van der Waals surface area (Å²) < 4.78 is 6.80. The van der Waals surface area contributed by atoms with Crippen molar-refractivity contribution < 1.29 is 9.53 Å².